The molecule has 2 aliphatic heterocycles. The number of halogens is 3. The Morgan fingerprint density at radius 2 is 2.00 bits per heavy atom. The summed E-state index contributed by atoms with van der Waals surface area (Å²) in [6, 6.07) is 2.06. The molecule has 1 aromatic rings. The van der Waals surface area contributed by atoms with Crippen molar-refractivity contribution in [3.63, 3.8) is 0 Å². The Balaban J connectivity index is 1.65. The van der Waals surface area contributed by atoms with Crippen LogP contribution >= 0.6 is 15.9 Å². The smallest absolute Gasteiger partial charge is 0.411 e. The molecule has 4 rings (SSSR count). The van der Waals surface area contributed by atoms with E-state index in [1.807, 2.05) is 0 Å². The van der Waals surface area contributed by atoms with Crippen LogP contribution in [0, 0.1) is 5.41 Å². The molecule has 3 heterocycles. The molecule has 0 aromatic carbocycles. The Bertz CT molecular complexity index is 1090. The van der Waals surface area contributed by atoms with Gasteiger partial charge in [0.25, 0.3) is 5.91 Å². The van der Waals surface area contributed by atoms with Gasteiger partial charge in [0.05, 0.1) is 13.2 Å². The fourth-order valence-corrected chi connectivity index (χ4v) is 4.90. The number of fused-ring (bicyclic) bond motifs is 2. The summed E-state index contributed by atoms with van der Waals surface area (Å²) in [6.07, 6.45) is 1.84. The SMILES string of the molecule is CC(C)(C)OC(=O)N1[C@H]2C[C@@]3(CNC(=O)C(F)(F)CC=CCOCc4ccc(Br)nc4NC2=O)C[C@@H]13. The Kier molecular flexibility index (Phi) is 7.13. The molecule has 1 aliphatic carbocycles. The van der Waals surface area contributed by atoms with Crippen LogP contribution in [0.25, 0.3) is 0 Å². The van der Waals surface area contributed by atoms with Crippen molar-refractivity contribution in [2.24, 2.45) is 5.41 Å². The van der Waals surface area contributed by atoms with Gasteiger partial charge in [-0.05, 0) is 55.6 Å². The van der Waals surface area contributed by atoms with Gasteiger partial charge in [0.15, 0.2) is 0 Å². The number of carbonyl (C=O) groups is 3. The molecule has 1 spiro atoms. The number of aromatic nitrogens is 1. The van der Waals surface area contributed by atoms with Crippen LogP contribution in [-0.2, 0) is 25.7 Å². The number of alkyl halides is 2. The Labute approximate surface area is 216 Å². The maximum atomic E-state index is 14.4. The van der Waals surface area contributed by atoms with E-state index in [9.17, 15) is 23.2 Å². The van der Waals surface area contributed by atoms with E-state index in [-0.39, 0.29) is 32.0 Å². The topological polar surface area (TPSA) is 110 Å². The second-order valence-corrected chi connectivity index (χ2v) is 11.2. The standard InChI is InChI=1S/C24H29BrF2N4O5/c1-22(2,3)36-21(34)31-15-10-23(11-16(23)31)13-28-20(33)24(26,27)8-4-5-9-35-12-14-6-7-17(25)29-18(14)30-19(15)32/h4-7,15-16H,8-13H2,1-3H3,(H,28,33)(H,29,30,32)/t15-,16+,23-/m0/s1. The number of allylic oxidation sites excluding steroid dienone is 1. The van der Waals surface area contributed by atoms with E-state index >= 15 is 0 Å². The molecule has 1 saturated carbocycles. The first-order chi connectivity index (χ1) is 16.8. The lowest BCUT2D eigenvalue weighted by atomic mass is 9.98. The van der Waals surface area contributed by atoms with Crippen molar-refractivity contribution in [1.82, 2.24) is 15.2 Å². The number of hydrogen-bond acceptors (Lipinski definition) is 6. The molecule has 36 heavy (non-hydrogen) atoms. The summed E-state index contributed by atoms with van der Waals surface area (Å²) in [6.45, 7) is 5.16. The quantitative estimate of drug-likeness (QED) is 0.363. The van der Waals surface area contributed by atoms with Gasteiger partial charge in [-0.25, -0.2) is 9.78 Å². The van der Waals surface area contributed by atoms with Gasteiger partial charge in [-0.1, -0.05) is 18.2 Å². The predicted octanol–water partition coefficient (Wildman–Crippen LogP) is 3.78. The van der Waals surface area contributed by atoms with Gasteiger partial charge < -0.3 is 20.1 Å². The highest BCUT2D eigenvalue weighted by molar-refractivity contribution is 9.10. The number of nitrogens with one attached hydrogen (secondary N) is 2. The van der Waals surface area contributed by atoms with E-state index in [1.165, 1.54) is 17.1 Å². The van der Waals surface area contributed by atoms with Crippen LogP contribution in [0.2, 0.25) is 0 Å². The second-order valence-electron chi connectivity index (χ2n) is 10.4. The number of likely N-dealkylation sites (tertiary alicyclic amines) is 1. The average molecular weight is 571 g/mol. The van der Waals surface area contributed by atoms with Crippen molar-refractivity contribution in [1.29, 1.82) is 0 Å². The summed E-state index contributed by atoms with van der Waals surface area (Å²) in [5.41, 5.74) is -0.912. The van der Waals surface area contributed by atoms with Gasteiger partial charge in [-0.15, -0.1) is 0 Å². The minimum atomic E-state index is -3.60. The fraction of sp³-hybridized carbons (Fsp3) is 0.583. The molecule has 3 atom stereocenters. The van der Waals surface area contributed by atoms with Gasteiger partial charge in [0.1, 0.15) is 22.1 Å². The first kappa shape index (κ1) is 26.5. The van der Waals surface area contributed by atoms with Gasteiger partial charge >= 0.3 is 12.0 Å². The molecule has 12 heteroatoms. The monoisotopic (exact) mass is 570 g/mol. The molecular weight excluding hydrogens is 542 g/mol. The largest absolute Gasteiger partial charge is 0.444 e. The number of carbonyl (C=O) groups excluding carboxylic acids is 3. The number of piperidine rings is 1. The molecule has 2 N–H and O–H groups in total. The normalized spacial score (nSPS) is 28.3. The highest BCUT2D eigenvalue weighted by Crippen LogP contribution is 2.59. The second kappa shape index (κ2) is 9.70. The van der Waals surface area contributed by atoms with Gasteiger partial charge in [-0.2, -0.15) is 8.78 Å². The fourth-order valence-electron chi connectivity index (χ4n) is 4.59. The molecule has 3 amide bonds. The van der Waals surface area contributed by atoms with Crippen molar-refractivity contribution in [2.75, 3.05) is 18.5 Å². The van der Waals surface area contributed by atoms with Crippen molar-refractivity contribution < 1.29 is 32.6 Å². The van der Waals surface area contributed by atoms with Gasteiger partial charge in [0, 0.05) is 30.0 Å². The van der Waals surface area contributed by atoms with Crippen LogP contribution in [0.3, 0.4) is 0 Å². The van der Waals surface area contributed by atoms with Gasteiger partial charge in [-0.3, -0.25) is 14.5 Å². The first-order valence-electron chi connectivity index (χ1n) is 11.7. The van der Waals surface area contributed by atoms with E-state index in [4.69, 9.17) is 9.47 Å². The lowest BCUT2D eigenvalue weighted by Crippen LogP contribution is -2.47. The van der Waals surface area contributed by atoms with E-state index in [1.54, 1.807) is 32.9 Å². The van der Waals surface area contributed by atoms with E-state index in [2.05, 4.69) is 31.5 Å². The summed E-state index contributed by atoms with van der Waals surface area (Å²) in [5, 5.41) is 5.14. The van der Waals surface area contributed by atoms with Crippen molar-refractivity contribution in [2.45, 2.75) is 70.2 Å². The molecule has 0 radical (unpaired) electrons. The van der Waals surface area contributed by atoms with Crippen LogP contribution in [-0.4, -0.2) is 64.6 Å². The summed E-state index contributed by atoms with van der Waals surface area (Å²) in [7, 11) is 0. The predicted molar refractivity (Wildman–Crippen MR) is 129 cm³/mol. The molecule has 2 bridgehead atoms. The zero-order valence-corrected chi connectivity index (χ0v) is 21.9. The van der Waals surface area contributed by atoms with E-state index in [0.29, 0.717) is 16.6 Å². The summed E-state index contributed by atoms with van der Waals surface area (Å²) < 4.78 is 40.3. The minimum absolute atomic E-state index is 0.0288. The van der Waals surface area contributed by atoms with Crippen LogP contribution < -0.4 is 10.6 Å². The molecule has 3 aliphatic rings. The van der Waals surface area contributed by atoms with Gasteiger partial charge in [0.2, 0.25) is 5.91 Å². The number of amides is 3. The van der Waals surface area contributed by atoms with E-state index < -0.39 is 53.4 Å². The zero-order valence-electron chi connectivity index (χ0n) is 20.3. The zero-order chi connectivity index (χ0) is 26.3. The van der Waals surface area contributed by atoms with Crippen molar-refractivity contribution >= 4 is 39.7 Å². The Morgan fingerprint density at radius 3 is 2.72 bits per heavy atom. The third-order valence-electron chi connectivity index (χ3n) is 6.46. The molecule has 9 nitrogen and oxygen atoms in total. The summed E-state index contributed by atoms with van der Waals surface area (Å²) in [5.74, 6) is -5.22. The number of rotatable bonds is 0. The van der Waals surface area contributed by atoms with Crippen LogP contribution in [0.15, 0.2) is 28.9 Å². The number of anilines is 1. The molecule has 196 valence electrons. The first-order valence-corrected chi connectivity index (χ1v) is 12.5. The number of ether oxygens (including phenoxy) is 2. The van der Waals surface area contributed by atoms with Crippen LogP contribution in [0.1, 0.15) is 45.6 Å². The van der Waals surface area contributed by atoms with Crippen LogP contribution in [0.4, 0.5) is 19.4 Å². The number of pyridine rings is 1. The van der Waals surface area contributed by atoms with Crippen LogP contribution in [0.5, 0.6) is 0 Å². The van der Waals surface area contributed by atoms with Crippen molar-refractivity contribution in [3.8, 4) is 0 Å². The maximum absolute atomic E-state index is 14.4. The number of nitrogens with zero attached hydrogens (tertiary/aromatic N) is 2. The average Bonchev–Trinajstić information content (AvgIpc) is 3.37. The third kappa shape index (κ3) is 5.69. The minimum Gasteiger partial charge on any atom is -0.444 e. The lowest BCUT2D eigenvalue weighted by molar-refractivity contribution is -0.145. The summed E-state index contributed by atoms with van der Waals surface area (Å²) >= 11 is 3.30. The maximum Gasteiger partial charge on any atom is 0.411 e. The molecule has 1 saturated heterocycles. The Hall–Kier alpha value is -2.60. The lowest BCUT2D eigenvalue weighted by Gasteiger charge is -2.29. The molecule has 1 aromatic heterocycles. The van der Waals surface area contributed by atoms with Crippen molar-refractivity contribution in [3.05, 3.63) is 34.5 Å². The highest BCUT2D eigenvalue weighted by Gasteiger charge is 2.68. The van der Waals surface area contributed by atoms with E-state index in [0.717, 1.165) is 0 Å². The molecule has 0 unspecified atom stereocenters. The number of hydrogen-bond donors (Lipinski definition) is 2. The Morgan fingerprint density at radius 1 is 1.25 bits per heavy atom. The molecular formula is C24H29BrF2N4O5. The third-order valence-corrected chi connectivity index (χ3v) is 6.90. The summed E-state index contributed by atoms with van der Waals surface area (Å²) in [4.78, 5) is 44.5. The highest BCUT2D eigenvalue weighted by atomic mass is 79.9. The molecule has 2 fully saturated rings.